The van der Waals surface area contributed by atoms with E-state index in [0.717, 1.165) is 12.3 Å². The molecule has 0 spiro atoms. The minimum Gasteiger partial charge on any atom is -0.479 e. The number of amides is 1. The molecule has 18 heavy (non-hydrogen) atoms. The molecule has 0 aromatic rings. The smallest absolute Gasteiger partial charge is 0.423 e. The highest BCUT2D eigenvalue weighted by Gasteiger charge is 2.67. The first-order valence-electron chi connectivity index (χ1n) is 4.85. The minimum absolute atomic E-state index is 0.325. The number of carboxylic acid groups (broad SMARTS) is 1. The zero-order chi connectivity index (χ0) is 13.6. The van der Waals surface area contributed by atoms with Crippen molar-refractivity contribution in [3.63, 3.8) is 0 Å². The highest BCUT2D eigenvalue weighted by Crippen LogP contribution is 2.42. The Balaban J connectivity index is 2.64. The van der Waals surface area contributed by atoms with Crippen LogP contribution in [0.2, 0.25) is 0 Å². The number of nitrogens with zero attached hydrogens (tertiary/aromatic N) is 2. The number of aliphatic imine (C=N–C) groups is 1. The molecule has 2 heterocycles. The van der Waals surface area contributed by atoms with Crippen LogP contribution in [0.3, 0.4) is 0 Å². The molecule has 96 valence electrons. The Hall–Kier alpha value is -2.12. The van der Waals surface area contributed by atoms with Crippen molar-refractivity contribution >= 4 is 17.7 Å². The maximum absolute atomic E-state index is 13.1. The van der Waals surface area contributed by atoms with Crippen LogP contribution in [0.4, 0.5) is 13.2 Å². The van der Waals surface area contributed by atoms with Crippen molar-refractivity contribution in [3.8, 4) is 0 Å². The minimum atomic E-state index is -5.11. The summed E-state index contributed by atoms with van der Waals surface area (Å²) in [7, 11) is 0. The van der Waals surface area contributed by atoms with Crippen molar-refractivity contribution in [2.45, 2.75) is 18.1 Å². The van der Waals surface area contributed by atoms with Gasteiger partial charge in [-0.1, -0.05) is 6.08 Å². The Labute approximate surface area is 98.9 Å². The summed E-state index contributed by atoms with van der Waals surface area (Å²) in [5.74, 6) is -3.56. The van der Waals surface area contributed by atoms with Gasteiger partial charge in [-0.25, -0.2) is 4.79 Å². The number of carbonyl (C=O) groups excluding carboxylic acids is 1. The van der Waals surface area contributed by atoms with Gasteiger partial charge in [-0.05, 0) is 12.2 Å². The molecule has 1 atom stereocenters. The molecule has 8 heteroatoms. The number of hydrogen-bond acceptors (Lipinski definition) is 3. The molecular formula is C10H7F3N2O3. The molecule has 2 aliphatic rings. The fourth-order valence-electron chi connectivity index (χ4n) is 1.86. The van der Waals surface area contributed by atoms with Crippen molar-refractivity contribution in [2.24, 2.45) is 4.99 Å². The van der Waals surface area contributed by atoms with E-state index in [-0.39, 0.29) is 5.84 Å². The van der Waals surface area contributed by atoms with Crippen LogP contribution in [0, 0.1) is 0 Å². The normalized spacial score (nSPS) is 26.9. The number of halogens is 3. The van der Waals surface area contributed by atoms with E-state index in [0.29, 0.717) is 4.90 Å². The molecule has 0 aliphatic carbocycles. The molecule has 0 aromatic carbocycles. The lowest BCUT2D eigenvalue weighted by Crippen LogP contribution is -2.66. The fourth-order valence-corrected chi connectivity index (χ4v) is 1.86. The van der Waals surface area contributed by atoms with Crippen LogP contribution in [-0.2, 0) is 9.59 Å². The predicted octanol–water partition coefficient (Wildman–Crippen LogP) is 1.09. The lowest BCUT2D eigenvalue weighted by Gasteiger charge is -2.42. The van der Waals surface area contributed by atoms with Crippen molar-refractivity contribution in [3.05, 3.63) is 24.4 Å². The maximum atomic E-state index is 13.1. The average Bonchev–Trinajstić information content (AvgIpc) is 2.25. The third-order valence-electron chi connectivity index (χ3n) is 2.72. The molecule has 2 aliphatic heterocycles. The number of hydrogen-bond donors (Lipinski definition) is 1. The average molecular weight is 260 g/mol. The van der Waals surface area contributed by atoms with Crippen molar-refractivity contribution in [1.82, 2.24) is 4.90 Å². The summed E-state index contributed by atoms with van der Waals surface area (Å²) < 4.78 is 39.3. The second-order valence-electron chi connectivity index (χ2n) is 3.77. The Bertz CT molecular complexity index is 507. The highest BCUT2D eigenvalue weighted by molar-refractivity contribution is 6.09. The van der Waals surface area contributed by atoms with E-state index in [9.17, 15) is 22.8 Å². The molecule has 0 saturated carbocycles. The first-order chi connectivity index (χ1) is 8.29. The summed E-state index contributed by atoms with van der Waals surface area (Å²) in [6.07, 6.45) is -1.62. The molecule has 1 N–H and O–H groups in total. The number of alkyl halides is 3. The van der Waals surface area contributed by atoms with E-state index in [4.69, 9.17) is 5.11 Å². The zero-order valence-electron chi connectivity index (χ0n) is 8.81. The molecule has 5 nitrogen and oxygen atoms in total. The van der Waals surface area contributed by atoms with E-state index in [1.54, 1.807) is 0 Å². The Morgan fingerprint density at radius 1 is 1.44 bits per heavy atom. The third kappa shape index (κ3) is 1.52. The Morgan fingerprint density at radius 2 is 2.11 bits per heavy atom. The van der Waals surface area contributed by atoms with Gasteiger partial charge >= 0.3 is 12.1 Å². The largest absolute Gasteiger partial charge is 0.479 e. The van der Waals surface area contributed by atoms with Gasteiger partial charge in [0.15, 0.2) is 0 Å². The molecule has 0 fully saturated rings. The lowest BCUT2D eigenvalue weighted by atomic mass is 9.89. The van der Waals surface area contributed by atoms with E-state index < -0.39 is 30.0 Å². The number of aliphatic carboxylic acids is 1. The van der Waals surface area contributed by atoms with Crippen LogP contribution < -0.4 is 0 Å². The number of carbonyl (C=O) groups is 2. The summed E-state index contributed by atoms with van der Waals surface area (Å²) >= 11 is 0. The van der Waals surface area contributed by atoms with Crippen LogP contribution in [0.25, 0.3) is 0 Å². The summed E-state index contributed by atoms with van der Waals surface area (Å²) in [5, 5.41) is 8.95. The molecule has 0 saturated heterocycles. The molecule has 0 aromatic heterocycles. The van der Waals surface area contributed by atoms with E-state index >= 15 is 0 Å². The van der Waals surface area contributed by atoms with Crippen LogP contribution >= 0.6 is 0 Å². The van der Waals surface area contributed by atoms with E-state index in [2.05, 4.69) is 4.99 Å². The molecule has 1 unspecified atom stereocenters. The lowest BCUT2D eigenvalue weighted by molar-refractivity contribution is -0.226. The number of fused-ring (bicyclic) bond motifs is 1. The van der Waals surface area contributed by atoms with Crippen LogP contribution in [0.15, 0.2) is 29.4 Å². The fraction of sp³-hybridized carbons (Fsp3) is 0.300. The van der Waals surface area contributed by atoms with Gasteiger partial charge in [0, 0.05) is 6.20 Å². The number of allylic oxidation sites excluding steroid dienone is 2. The molecule has 0 radical (unpaired) electrons. The summed E-state index contributed by atoms with van der Waals surface area (Å²) in [6, 6.07) is 0. The summed E-state index contributed by atoms with van der Waals surface area (Å²) in [4.78, 5) is 26.2. The number of carboxylic acids is 1. The number of amidine groups is 1. The van der Waals surface area contributed by atoms with Crippen LogP contribution in [0.5, 0.6) is 0 Å². The van der Waals surface area contributed by atoms with Crippen LogP contribution in [0.1, 0.15) is 6.42 Å². The van der Waals surface area contributed by atoms with Gasteiger partial charge in [0.2, 0.25) is 5.54 Å². The second kappa shape index (κ2) is 3.69. The van der Waals surface area contributed by atoms with Gasteiger partial charge in [0.05, 0.1) is 6.42 Å². The third-order valence-corrected chi connectivity index (χ3v) is 2.72. The summed E-state index contributed by atoms with van der Waals surface area (Å²) in [6.45, 7) is 0. The van der Waals surface area contributed by atoms with Crippen molar-refractivity contribution < 1.29 is 27.9 Å². The number of rotatable bonds is 1. The SMILES string of the molecule is O=C1CC(C(=O)O)(C(F)(F)F)N2C=CC=CC2=N1. The van der Waals surface area contributed by atoms with Gasteiger partial charge in [-0.15, -0.1) is 0 Å². The topological polar surface area (TPSA) is 70.0 Å². The molecule has 1 amide bonds. The van der Waals surface area contributed by atoms with E-state index in [1.807, 2.05) is 0 Å². The molecule has 0 bridgehead atoms. The Kier molecular flexibility index (Phi) is 2.53. The van der Waals surface area contributed by atoms with Gasteiger partial charge in [-0.2, -0.15) is 18.2 Å². The summed E-state index contributed by atoms with van der Waals surface area (Å²) in [5.41, 5.74) is -3.29. The predicted molar refractivity (Wildman–Crippen MR) is 53.6 cm³/mol. The van der Waals surface area contributed by atoms with E-state index in [1.165, 1.54) is 12.2 Å². The standard InChI is InChI=1S/C10H7F3N2O3/c11-10(12,13)9(8(17)18)5-7(16)14-6-3-1-2-4-15(6)9/h1-4H,5H2,(H,17,18). The van der Waals surface area contributed by atoms with Crippen molar-refractivity contribution in [2.75, 3.05) is 0 Å². The maximum Gasteiger partial charge on any atom is 0.423 e. The highest BCUT2D eigenvalue weighted by atomic mass is 19.4. The molecule has 2 rings (SSSR count). The monoisotopic (exact) mass is 260 g/mol. The van der Waals surface area contributed by atoms with Crippen molar-refractivity contribution in [1.29, 1.82) is 0 Å². The van der Waals surface area contributed by atoms with Gasteiger partial charge < -0.3 is 10.0 Å². The van der Waals surface area contributed by atoms with Crippen LogP contribution in [-0.4, -0.2) is 39.4 Å². The Morgan fingerprint density at radius 3 is 2.67 bits per heavy atom. The first-order valence-corrected chi connectivity index (χ1v) is 4.85. The molecular weight excluding hydrogens is 253 g/mol. The quantitative estimate of drug-likeness (QED) is 0.766. The zero-order valence-corrected chi connectivity index (χ0v) is 8.81. The second-order valence-corrected chi connectivity index (χ2v) is 3.77. The van der Waals surface area contributed by atoms with Gasteiger partial charge in [0.25, 0.3) is 5.91 Å². The van der Waals surface area contributed by atoms with Gasteiger partial charge in [0.1, 0.15) is 5.84 Å². The van der Waals surface area contributed by atoms with Gasteiger partial charge in [-0.3, -0.25) is 4.79 Å². The first kappa shape index (κ1) is 12.3.